The number of hydrogen-bond donors (Lipinski definition) is 3. The van der Waals surface area contributed by atoms with Crippen LogP contribution in [-0.4, -0.2) is 46.7 Å². The zero-order chi connectivity index (χ0) is 22.2. The van der Waals surface area contributed by atoms with E-state index in [1.54, 1.807) is 0 Å². The second-order valence-corrected chi connectivity index (χ2v) is 8.98. The van der Waals surface area contributed by atoms with Crippen LogP contribution in [0.2, 0.25) is 0 Å². The van der Waals surface area contributed by atoms with Gasteiger partial charge >= 0.3 is 0 Å². The maximum Gasteiger partial charge on any atom is 0.0995 e. The van der Waals surface area contributed by atoms with Gasteiger partial charge in [-0.1, -0.05) is 19.4 Å². The molecule has 6 nitrogen and oxygen atoms in total. The molecule has 0 aliphatic carbocycles. The first-order valence-corrected chi connectivity index (χ1v) is 11.7. The van der Waals surface area contributed by atoms with Gasteiger partial charge in [0.25, 0.3) is 0 Å². The molecule has 1 aliphatic heterocycles. The van der Waals surface area contributed by atoms with Crippen LogP contribution in [0.25, 0.3) is 5.69 Å². The molecule has 1 aromatic carbocycles. The van der Waals surface area contributed by atoms with Crippen LogP contribution in [0.15, 0.2) is 43.0 Å². The molecule has 1 unspecified atom stereocenters. The number of nitrogens with one attached hydrogen (secondary N) is 2. The average molecular weight is 425 g/mol. The van der Waals surface area contributed by atoms with Crippen LogP contribution in [0.3, 0.4) is 0 Å². The first-order valence-electron chi connectivity index (χ1n) is 11.7. The molecular weight excluding hydrogens is 384 g/mol. The van der Waals surface area contributed by atoms with Gasteiger partial charge in [-0.15, -0.1) is 0 Å². The largest absolute Gasteiger partial charge is 0.394 e. The van der Waals surface area contributed by atoms with Crippen LogP contribution in [0.5, 0.6) is 0 Å². The number of nitrogens with zero attached hydrogens (tertiary/aromatic N) is 3. The zero-order valence-corrected chi connectivity index (χ0v) is 19.6. The number of benzene rings is 1. The Morgan fingerprint density at radius 1 is 1.32 bits per heavy atom. The lowest BCUT2D eigenvalue weighted by atomic mass is 9.94. The van der Waals surface area contributed by atoms with Gasteiger partial charge in [-0.3, -0.25) is 4.90 Å². The highest BCUT2D eigenvalue weighted by atomic mass is 15.1. The Morgan fingerprint density at radius 3 is 2.84 bits per heavy atom. The van der Waals surface area contributed by atoms with Crippen molar-refractivity contribution in [2.75, 3.05) is 25.5 Å². The highest BCUT2D eigenvalue weighted by Gasteiger charge is 2.18. The summed E-state index contributed by atoms with van der Waals surface area (Å²) in [4.78, 5) is 6.91. The quantitative estimate of drug-likeness (QED) is 0.537. The molecule has 0 saturated carbocycles. The number of anilines is 1. The van der Waals surface area contributed by atoms with E-state index in [-0.39, 0.29) is 0 Å². The van der Waals surface area contributed by atoms with E-state index in [1.807, 2.05) is 26.5 Å². The first kappa shape index (κ1) is 23.4. The fraction of sp³-hybridized carbons (Fsp3) is 0.560. The average Bonchev–Trinajstić information content (AvgIpc) is 3.17. The Bertz CT molecular complexity index is 842. The normalized spacial score (nSPS) is 19.5. The predicted octanol–water partition coefficient (Wildman–Crippen LogP) is 4.05. The molecule has 0 spiro atoms. The molecule has 1 fully saturated rings. The number of hydrogen-bond acceptors (Lipinski definition) is 5. The summed E-state index contributed by atoms with van der Waals surface area (Å²) in [5.41, 5.74) is 10.9. The standard InChI is InChI=1S/C25H40N6/c1-5-22(8-6-10-27-4)20(3)29-24-12-21(16-30-11-7-9-23(26)17-30)13-25(14-24)31-15-19(2)28-18-31/h6,10,12-15,18,20,22-23,27,29H,5,7-9,11,16-17,26H2,1-4H3/b10-6-/t20-,22-,23?/m0/s1. The van der Waals surface area contributed by atoms with Crippen molar-refractivity contribution in [2.24, 2.45) is 11.7 Å². The lowest BCUT2D eigenvalue weighted by Crippen LogP contribution is -2.42. The SMILES string of the molecule is CC[C@@H](C/C=C\NC)[C@H](C)Nc1cc(CN2CCCC(N)C2)cc(-n2cnc(C)c2)c1. The fourth-order valence-electron chi connectivity index (χ4n) is 4.52. The smallest absolute Gasteiger partial charge is 0.0995 e. The van der Waals surface area contributed by atoms with Crippen molar-refractivity contribution in [3.63, 3.8) is 0 Å². The van der Waals surface area contributed by atoms with E-state index in [1.165, 1.54) is 17.7 Å². The van der Waals surface area contributed by atoms with E-state index in [0.717, 1.165) is 50.3 Å². The van der Waals surface area contributed by atoms with E-state index in [0.29, 0.717) is 18.0 Å². The maximum atomic E-state index is 6.22. The summed E-state index contributed by atoms with van der Waals surface area (Å²) in [6, 6.07) is 7.49. The molecule has 0 radical (unpaired) electrons. The van der Waals surface area contributed by atoms with E-state index >= 15 is 0 Å². The highest BCUT2D eigenvalue weighted by Crippen LogP contribution is 2.24. The number of imidazole rings is 1. The summed E-state index contributed by atoms with van der Waals surface area (Å²) in [6.45, 7) is 9.62. The second-order valence-electron chi connectivity index (χ2n) is 8.98. The fourth-order valence-corrected chi connectivity index (χ4v) is 4.52. The molecule has 0 amide bonds. The molecule has 1 aromatic heterocycles. The minimum atomic E-state index is 0.293. The van der Waals surface area contributed by atoms with Crippen molar-refractivity contribution in [1.82, 2.24) is 19.8 Å². The number of aryl methyl sites for hydroxylation is 1. The summed E-state index contributed by atoms with van der Waals surface area (Å²) >= 11 is 0. The summed E-state index contributed by atoms with van der Waals surface area (Å²) in [5, 5.41) is 6.88. The van der Waals surface area contributed by atoms with Crippen LogP contribution in [0.1, 0.15) is 50.8 Å². The third kappa shape index (κ3) is 6.84. The Morgan fingerprint density at radius 2 is 2.16 bits per heavy atom. The maximum absolute atomic E-state index is 6.22. The van der Waals surface area contributed by atoms with E-state index < -0.39 is 0 Å². The van der Waals surface area contributed by atoms with Gasteiger partial charge in [0.15, 0.2) is 0 Å². The van der Waals surface area contributed by atoms with Crippen LogP contribution >= 0.6 is 0 Å². The molecule has 1 aliphatic rings. The number of piperidine rings is 1. The molecule has 2 aromatic rings. The van der Waals surface area contributed by atoms with Gasteiger partial charge in [0, 0.05) is 49.8 Å². The molecule has 0 bridgehead atoms. The number of likely N-dealkylation sites (tertiary alicyclic amines) is 1. The number of rotatable bonds is 10. The second kappa shape index (κ2) is 11.3. The van der Waals surface area contributed by atoms with E-state index in [9.17, 15) is 0 Å². The number of aromatic nitrogens is 2. The monoisotopic (exact) mass is 424 g/mol. The van der Waals surface area contributed by atoms with Crippen LogP contribution in [0.4, 0.5) is 5.69 Å². The predicted molar refractivity (Wildman–Crippen MR) is 130 cm³/mol. The summed E-state index contributed by atoms with van der Waals surface area (Å²) in [7, 11) is 1.94. The van der Waals surface area contributed by atoms with Crippen LogP contribution < -0.4 is 16.4 Å². The van der Waals surface area contributed by atoms with Crippen LogP contribution in [0, 0.1) is 12.8 Å². The molecule has 3 atom stereocenters. The molecule has 2 heterocycles. The molecule has 31 heavy (non-hydrogen) atoms. The third-order valence-corrected chi connectivity index (χ3v) is 6.28. The first-order chi connectivity index (χ1) is 15.0. The topological polar surface area (TPSA) is 71.1 Å². The lowest BCUT2D eigenvalue weighted by molar-refractivity contribution is 0.201. The number of nitrogens with two attached hydrogens (primary N) is 1. The van der Waals surface area contributed by atoms with E-state index in [4.69, 9.17) is 5.73 Å². The molecule has 6 heteroatoms. The third-order valence-electron chi connectivity index (χ3n) is 6.28. The van der Waals surface area contributed by atoms with Gasteiger partial charge in [0.1, 0.15) is 0 Å². The Hall–Kier alpha value is -2.31. The minimum Gasteiger partial charge on any atom is -0.394 e. The van der Waals surface area contributed by atoms with Crippen molar-refractivity contribution >= 4 is 5.69 Å². The summed E-state index contributed by atoms with van der Waals surface area (Å²) < 4.78 is 2.11. The van der Waals surface area contributed by atoms with Crippen LogP contribution in [-0.2, 0) is 6.54 Å². The minimum absolute atomic E-state index is 0.293. The lowest BCUT2D eigenvalue weighted by Gasteiger charge is -2.31. The van der Waals surface area contributed by atoms with Crippen molar-refractivity contribution in [3.05, 3.63) is 54.3 Å². The van der Waals surface area contributed by atoms with E-state index in [2.05, 4.69) is 69.4 Å². The van der Waals surface area contributed by atoms with Gasteiger partial charge < -0.3 is 20.9 Å². The highest BCUT2D eigenvalue weighted by molar-refractivity contribution is 5.55. The molecule has 1 saturated heterocycles. The van der Waals surface area contributed by atoms with Crippen molar-refractivity contribution in [2.45, 2.75) is 65.1 Å². The van der Waals surface area contributed by atoms with Gasteiger partial charge in [-0.2, -0.15) is 0 Å². The van der Waals surface area contributed by atoms with Gasteiger partial charge in [0.05, 0.1) is 12.0 Å². The summed E-state index contributed by atoms with van der Waals surface area (Å²) in [6.07, 6.45) is 12.8. The van der Waals surface area contributed by atoms with Gasteiger partial charge in [-0.25, -0.2) is 4.98 Å². The Balaban J connectivity index is 1.81. The summed E-state index contributed by atoms with van der Waals surface area (Å²) in [5.74, 6) is 0.576. The molecular formula is C25H40N6. The zero-order valence-electron chi connectivity index (χ0n) is 19.6. The Kier molecular flexibility index (Phi) is 8.55. The van der Waals surface area contributed by atoms with Crippen molar-refractivity contribution < 1.29 is 0 Å². The number of allylic oxidation sites excluding steroid dienone is 1. The Labute approximate surface area is 187 Å². The van der Waals surface area contributed by atoms with Gasteiger partial charge in [0.2, 0.25) is 0 Å². The van der Waals surface area contributed by atoms with Crippen molar-refractivity contribution in [1.29, 1.82) is 0 Å². The molecule has 4 N–H and O–H groups in total. The molecule has 3 rings (SSSR count). The van der Waals surface area contributed by atoms with Crippen molar-refractivity contribution in [3.8, 4) is 5.69 Å². The van der Waals surface area contributed by atoms with Gasteiger partial charge in [-0.05, 0) is 75.5 Å². The molecule has 170 valence electrons.